The fourth-order valence-corrected chi connectivity index (χ4v) is 3.06. The first kappa shape index (κ1) is 12.2. The molecule has 1 aliphatic rings. The molecular weight excluding hydrogens is 241 g/mol. The number of benzene rings is 1. The monoisotopic (exact) mass is 257 g/mol. The van der Waals surface area contributed by atoms with E-state index < -0.39 is 0 Å². The van der Waals surface area contributed by atoms with Crippen LogP contribution in [0.4, 0.5) is 0 Å². The molecule has 1 saturated heterocycles. The van der Waals surface area contributed by atoms with E-state index in [1.165, 1.54) is 18.4 Å². The van der Waals surface area contributed by atoms with Crippen LogP contribution in [0.1, 0.15) is 18.4 Å². The summed E-state index contributed by atoms with van der Waals surface area (Å²) in [5.74, 6) is 1.42. The van der Waals surface area contributed by atoms with Crippen LogP contribution in [-0.4, -0.2) is 28.7 Å². The second-order valence-corrected chi connectivity index (χ2v) is 4.97. The Hall–Kier alpha value is -0.240. The van der Waals surface area contributed by atoms with E-state index in [0.29, 0.717) is 23.8 Å². The Morgan fingerprint density at radius 2 is 1.56 bits per heavy atom. The SMILES string of the molecule is ClCC1CCC(CCl)N1Cc1ccccc1. The van der Waals surface area contributed by atoms with Gasteiger partial charge in [-0.1, -0.05) is 30.3 Å². The molecule has 16 heavy (non-hydrogen) atoms. The summed E-state index contributed by atoms with van der Waals surface area (Å²) in [6.45, 7) is 0.968. The quantitative estimate of drug-likeness (QED) is 0.747. The molecule has 1 aliphatic heterocycles. The van der Waals surface area contributed by atoms with Crippen molar-refractivity contribution >= 4 is 23.2 Å². The molecule has 0 bridgehead atoms. The summed E-state index contributed by atoms with van der Waals surface area (Å²) in [5.41, 5.74) is 1.34. The van der Waals surface area contributed by atoms with Crippen molar-refractivity contribution in [3.8, 4) is 0 Å². The van der Waals surface area contributed by atoms with Crippen molar-refractivity contribution < 1.29 is 0 Å². The van der Waals surface area contributed by atoms with Gasteiger partial charge in [-0.3, -0.25) is 4.90 Å². The third-order valence-electron chi connectivity index (χ3n) is 3.34. The minimum atomic E-state index is 0.491. The lowest BCUT2D eigenvalue weighted by Crippen LogP contribution is -2.37. The van der Waals surface area contributed by atoms with Crippen LogP contribution in [-0.2, 0) is 6.54 Å². The van der Waals surface area contributed by atoms with E-state index >= 15 is 0 Å². The van der Waals surface area contributed by atoms with Gasteiger partial charge in [0.2, 0.25) is 0 Å². The van der Waals surface area contributed by atoms with Gasteiger partial charge < -0.3 is 0 Å². The first-order chi connectivity index (χ1) is 7.85. The maximum Gasteiger partial charge on any atom is 0.0379 e. The van der Waals surface area contributed by atoms with Gasteiger partial charge in [-0.05, 0) is 18.4 Å². The van der Waals surface area contributed by atoms with Crippen LogP contribution in [0, 0.1) is 0 Å². The summed E-state index contributed by atoms with van der Waals surface area (Å²) in [7, 11) is 0. The Kier molecular flexibility index (Phi) is 4.51. The molecule has 1 aromatic carbocycles. The summed E-state index contributed by atoms with van der Waals surface area (Å²) in [5, 5.41) is 0. The molecule has 0 spiro atoms. The number of rotatable bonds is 4. The molecule has 1 aromatic rings. The number of alkyl halides is 2. The lowest BCUT2D eigenvalue weighted by molar-refractivity contribution is 0.209. The van der Waals surface area contributed by atoms with Gasteiger partial charge in [0, 0.05) is 30.4 Å². The van der Waals surface area contributed by atoms with E-state index in [1.807, 2.05) is 6.07 Å². The van der Waals surface area contributed by atoms with Crippen molar-refractivity contribution in [1.29, 1.82) is 0 Å². The molecule has 2 atom stereocenters. The van der Waals surface area contributed by atoms with Crippen molar-refractivity contribution in [3.05, 3.63) is 35.9 Å². The van der Waals surface area contributed by atoms with Crippen molar-refractivity contribution in [2.45, 2.75) is 31.5 Å². The number of hydrogen-bond donors (Lipinski definition) is 0. The maximum atomic E-state index is 6.01. The van der Waals surface area contributed by atoms with Gasteiger partial charge in [-0.25, -0.2) is 0 Å². The average Bonchev–Trinajstić information content (AvgIpc) is 2.72. The van der Waals surface area contributed by atoms with Crippen molar-refractivity contribution in [3.63, 3.8) is 0 Å². The zero-order valence-electron chi connectivity index (χ0n) is 9.28. The summed E-state index contributed by atoms with van der Waals surface area (Å²) in [6, 6.07) is 11.5. The van der Waals surface area contributed by atoms with Crippen molar-refractivity contribution in [2.75, 3.05) is 11.8 Å². The van der Waals surface area contributed by atoms with Crippen LogP contribution in [0.3, 0.4) is 0 Å². The number of likely N-dealkylation sites (tertiary alicyclic amines) is 1. The van der Waals surface area contributed by atoms with Gasteiger partial charge in [0.25, 0.3) is 0 Å². The van der Waals surface area contributed by atoms with Gasteiger partial charge in [-0.2, -0.15) is 0 Å². The number of halogens is 2. The number of nitrogens with zero attached hydrogens (tertiary/aromatic N) is 1. The molecule has 3 heteroatoms. The Morgan fingerprint density at radius 1 is 1.00 bits per heavy atom. The summed E-state index contributed by atoms with van der Waals surface area (Å²) < 4.78 is 0. The van der Waals surface area contributed by atoms with Crippen molar-refractivity contribution in [2.24, 2.45) is 0 Å². The van der Waals surface area contributed by atoms with Crippen LogP contribution in [0.15, 0.2) is 30.3 Å². The van der Waals surface area contributed by atoms with E-state index in [0.717, 1.165) is 6.54 Å². The lowest BCUT2D eigenvalue weighted by atomic mass is 10.2. The predicted molar refractivity (Wildman–Crippen MR) is 70.2 cm³/mol. The first-order valence-corrected chi connectivity index (χ1v) is 6.83. The molecule has 0 aliphatic carbocycles. The van der Waals surface area contributed by atoms with Gasteiger partial charge >= 0.3 is 0 Å². The molecule has 1 fully saturated rings. The third kappa shape index (κ3) is 2.71. The van der Waals surface area contributed by atoms with Crippen LogP contribution in [0.25, 0.3) is 0 Å². The average molecular weight is 258 g/mol. The second-order valence-electron chi connectivity index (χ2n) is 4.35. The molecular formula is C13H17Cl2N. The Balaban J connectivity index is 2.06. The Labute approximate surface area is 107 Å². The highest BCUT2D eigenvalue weighted by atomic mass is 35.5. The zero-order chi connectivity index (χ0) is 11.4. The molecule has 2 rings (SSSR count). The summed E-state index contributed by atoms with van der Waals surface area (Å²) in [4.78, 5) is 2.45. The molecule has 0 radical (unpaired) electrons. The molecule has 0 N–H and O–H groups in total. The van der Waals surface area contributed by atoms with E-state index in [9.17, 15) is 0 Å². The molecule has 2 unspecified atom stereocenters. The molecule has 88 valence electrons. The zero-order valence-corrected chi connectivity index (χ0v) is 10.8. The standard InChI is InChI=1S/C13H17Cl2N/c14-8-12-6-7-13(9-15)16(12)10-11-4-2-1-3-5-11/h1-5,12-13H,6-10H2. The van der Waals surface area contributed by atoms with Gasteiger partial charge in [0.05, 0.1) is 0 Å². The Morgan fingerprint density at radius 3 is 2.06 bits per heavy atom. The Bertz CT molecular complexity index is 303. The smallest absolute Gasteiger partial charge is 0.0379 e. The predicted octanol–water partition coefficient (Wildman–Crippen LogP) is 3.50. The van der Waals surface area contributed by atoms with Crippen LogP contribution < -0.4 is 0 Å². The fourth-order valence-electron chi connectivity index (χ4n) is 2.40. The molecule has 0 saturated carbocycles. The highest BCUT2D eigenvalue weighted by Gasteiger charge is 2.31. The fraction of sp³-hybridized carbons (Fsp3) is 0.538. The molecule has 0 amide bonds. The van der Waals surface area contributed by atoms with Gasteiger partial charge in [-0.15, -0.1) is 23.2 Å². The number of hydrogen-bond acceptors (Lipinski definition) is 1. The van der Waals surface area contributed by atoms with Gasteiger partial charge in [0.1, 0.15) is 0 Å². The van der Waals surface area contributed by atoms with E-state index in [4.69, 9.17) is 23.2 Å². The largest absolute Gasteiger partial charge is 0.291 e. The maximum absolute atomic E-state index is 6.01. The first-order valence-electron chi connectivity index (χ1n) is 5.76. The van der Waals surface area contributed by atoms with Crippen LogP contribution in [0.2, 0.25) is 0 Å². The normalized spacial score (nSPS) is 26.1. The highest BCUT2D eigenvalue weighted by molar-refractivity contribution is 6.18. The molecule has 0 aromatic heterocycles. The lowest BCUT2D eigenvalue weighted by Gasteiger charge is -2.28. The molecule has 1 nitrogen and oxygen atoms in total. The van der Waals surface area contributed by atoms with E-state index in [-0.39, 0.29) is 0 Å². The topological polar surface area (TPSA) is 3.24 Å². The summed E-state index contributed by atoms with van der Waals surface area (Å²) in [6.07, 6.45) is 2.35. The highest BCUT2D eigenvalue weighted by Crippen LogP contribution is 2.27. The molecule has 1 heterocycles. The minimum absolute atomic E-state index is 0.491. The van der Waals surface area contributed by atoms with Crippen LogP contribution >= 0.6 is 23.2 Å². The van der Waals surface area contributed by atoms with Gasteiger partial charge in [0.15, 0.2) is 0 Å². The van der Waals surface area contributed by atoms with E-state index in [2.05, 4.69) is 29.2 Å². The van der Waals surface area contributed by atoms with E-state index in [1.54, 1.807) is 0 Å². The third-order valence-corrected chi connectivity index (χ3v) is 4.05. The van der Waals surface area contributed by atoms with Crippen molar-refractivity contribution in [1.82, 2.24) is 4.90 Å². The minimum Gasteiger partial charge on any atom is -0.291 e. The van der Waals surface area contributed by atoms with Crippen LogP contribution in [0.5, 0.6) is 0 Å². The second kappa shape index (κ2) is 5.90. The summed E-state index contributed by atoms with van der Waals surface area (Å²) >= 11 is 12.0.